The molecule has 1 radical (unpaired) electrons. The number of carbonyl (C=O) groups is 1. The van der Waals surface area contributed by atoms with Gasteiger partial charge in [-0.05, 0) is 26.3 Å². The molecule has 0 bridgehead atoms. The minimum absolute atomic E-state index is 0.0246. The maximum Gasteiger partial charge on any atom is 0.222 e. The third-order valence-electron chi connectivity index (χ3n) is 2.94. The molecule has 0 aliphatic heterocycles. The van der Waals surface area contributed by atoms with E-state index in [1.165, 1.54) is 0 Å². The number of ether oxygens (including phenoxy) is 4. The van der Waals surface area contributed by atoms with Crippen molar-refractivity contribution in [2.75, 3.05) is 65.9 Å². The zero-order valence-corrected chi connectivity index (χ0v) is 14.2. The van der Waals surface area contributed by atoms with E-state index in [0.29, 0.717) is 72.4 Å². The lowest BCUT2D eigenvalue weighted by molar-refractivity contribution is -0.122. The van der Waals surface area contributed by atoms with Gasteiger partial charge in [0.15, 0.2) is 0 Å². The summed E-state index contributed by atoms with van der Waals surface area (Å²) in [6, 6.07) is 0. The SMILES string of the molecule is [CH2]COCCOCCOCCOCCC(=O)NCCCCCN. The van der Waals surface area contributed by atoms with Gasteiger partial charge in [0.2, 0.25) is 5.91 Å². The van der Waals surface area contributed by atoms with Gasteiger partial charge in [-0.2, -0.15) is 0 Å². The zero-order valence-electron chi connectivity index (χ0n) is 14.2. The minimum atomic E-state index is 0.0246. The second-order valence-electron chi connectivity index (χ2n) is 4.90. The van der Waals surface area contributed by atoms with Crippen molar-refractivity contribution in [3.63, 3.8) is 0 Å². The van der Waals surface area contributed by atoms with Crippen LogP contribution in [-0.2, 0) is 23.7 Å². The van der Waals surface area contributed by atoms with Crippen LogP contribution in [-0.4, -0.2) is 71.9 Å². The van der Waals surface area contributed by atoms with Gasteiger partial charge >= 0.3 is 0 Å². The quantitative estimate of drug-likeness (QED) is 0.355. The van der Waals surface area contributed by atoms with Crippen molar-refractivity contribution in [2.45, 2.75) is 25.7 Å². The predicted molar refractivity (Wildman–Crippen MR) is 89.2 cm³/mol. The van der Waals surface area contributed by atoms with Crippen molar-refractivity contribution >= 4 is 5.91 Å². The minimum Gasteiger partial charge on any atom is -0.379 e. The van der Waals surface area contributed by atoms with Crippen LogP contribution < -0.4 is 11.1 Å². The predicted octanol–water partition coefficient (Wildman–Crippen LogP) is 0.522. The number of nitrogens with one attached hydrogen (secondary N) is 1. The molecule has 0 atom stereocenters. The van der Waals surface area contributed by atoms with Crippen LogP contribution in [0.4, 0.5) is 0 Å². The first-order chi connectivity index (χ1) is 11.3. The van der Waals surface area contributed by atoms with Crippen molar-refractivity contribution in [2.24, 2.45) is 5.73 Å². The molecule has 0 aliphatic rings. The molecule has 1 amide bonds. The van der Waals surface area contributed by atoms with Crippen LogP contribution >= 0.6 is 0 Å². The van der Waals surface area contributed by atoms with Crippen molar-refractivity contribution in [1.82, 2.24) is 5.32 Å². The van der Waals surface area contributed by atoms with E-state index in [0.717, 1.165) is 19.3 Å². The normalized spacial score (nSPS) is 10.9. The lowest BCUT2D eigenvalue weighted by Gasteiger charge is -2.07. The highest BCUT2D eigenvalue weighted by molar-refractivity contribution is 5.75. The summed E-state index contributed by atoms with van der Waals surface area (Å²) in [5.74, 6) is 0.0246. The van der Waals surface area contributed by atoms with E-state index in [-0.39, 0.29) is 5.91 Å². The smallest absolute Gasteiger partial charge is 0.222 e. The Kier molecular flexibility index (Phi) is 18.7. The Bertz CT molecular complexity index is 255. The molecule has 7 heteroatoms. The standard InChI is InChI=1S/C16H33N2O5/c1-2-20-10-11-22-14-15-23-13-12-21-9-6-16(19)18-8-5-3-4-7-17/h1-15,17H2,(H,18,19). The van der Waals surface area contributed by atoms with Crippen molar-refractivity contribution in [3.8, 4) is 0 Å². The summed E-state index contributed by atoms with van der Waals surface area (Å²) in [6.45, 7) is 9.00. The fourth-order valence-corrected chi connectivity index (χ4v) is 1.69. The van der Waals surface area contributed by atoms with Gasteiger partial charge in [-0.25, -0.2) is 0 Å². The van der Waals surface area contributed by atoms with Crippen molar-refractivity contribution < 1.29 is 23.7 Å². The zero-order chi connectivity index (χ0) is 17.0. The largest absolute Gasteiger partial charge is 0.379 e. The lowest BCUT2D eigenvalue weighted by Crippen LogP contribution is -2.25. The first kappa shape index (κ1) is 22.3. The van der Waals surface area contributed by atoms with Gasteiger partial charge in [0.1, 0.15) is 0 Å². The van der Waals surface area contributed by atoms with Gasteiger partial charge < -0.3 is 30.0 Å². The molecule has 0 spiro atoms. The van der Waals surface area contributed by atoms with Crippen LogP contribution in [0.15, 0.2) is 0 Å². The monoisotopic (exact) mass is 333 g/mol. The van der Waals surface area contributed by atoms with Crippen LogP contribution in [0.1, 0.15) is 25.7 Å². The highest BCUT2D eigenvalue weighted by atomic mass is 16.6. The molecule has 0 rings (SSSR count). The van der Waals surface area contributed by atoms with E-state index in [1.54, 1.807) is 0 Å². The molecular weight excluding hydrogens is 300 g/mol. The molecule has 0 aliphatic carbocycles. The number of rotatable bonds is 18. The van der Waals surface area contributed by atoms with Crippen LogP contribution in [0.25, 0.3) is 0 Å². The summed E-state index contributed by atoms with van der Waals surface area (Å²) in [4.78, 5) is 11.5. The average Bonchev–Trinajstić information content (AvgIpc) is 2.55. The molecule has 0 saturated heterocycles. The molecule has 0 aromatic rings. The van der Waals surface area contributed by atoms with Gasteiger partial charge in [0.05, 0.1) is 46.2 Å². The Morgan fingerprint density at radius 1 is 0.826 bits per heavy atom. The number of hydrogen-bond acceptors (Lipinski definition) is 6. The number of carbonyl (C=O) groups excluding carboxylic acids is 1. The van der Waals surface area contributed by atoms with E-state index in [9.17, 15) is 4.79 Å². The van der Waals surface area contributed by atoms with Crippen molar-refractivity contribution in [3.05, 3.63) is 6.92 Å². The van der Waals surface area contributed by atoms with Gasteiger partial charge in [-0.1, -0.05) is 6.42 Å². The molecule has 0 fully saturated rings. The Labute approximate surface area is 140 Å². The van der Waals surface area contributed by atoms with E-state index < -0.39 is 0 Å². The second-order valence-corrected chi connectivity index (χ2v) is 4.90. The van der Waals surface area contributed by atoms with Crippen LogP contribution in [0.5, 0.6) is 0 Å². The third kappa shape index (κ3) is 19.2. The highest BCUT2D eigenvalue weighted by Gasteiger charge is 2.00. The first-order valence-corrected chi connectivity index (χ1v) is 8.38. The second kappa shape index (κ2) is 19.3. The average molecular weight is 333 g/mol. The molecule has 23 heavy (non-hydrogen) atoms. The lowest BCUT2D eigenvalue weighted by atomic mass is 10.2. The van der Waals surface area contributed by atoms with E-state index >= 15 is 0 Å². The summed E-state index contributed by atoms with van der Waals surface area (Å²) in [5.41, 5.74) is 5.40. The third-order valence-corrected chi connectivity index (χ3v) is 2.94. The molecule has 0 saturated carbocycles. The summed E-state index contributed by atoms with van der Waals surface area (Å²) < 4.78 is 21.0. The number of amides is 1. The molecule has 0 aromatic heterocycles. The molecule has 7 nitrogen and oxygen atoms in total. The van der Waals surface area contributed by atoms with Crippen LogP contribution in [0.2, 0.25) is 0 Å². The maximum atomic E-state index is 11.5. The fraction of sp³-hybridized carbons (Fsp3) is 0.875. The Morgan fingerprint density at radius 3 is 1.96 bits per heavy atom. The van der Waals surface area contributed by atoms with Gasteiger partial charge in [-0.3, -0.25) is 4.79 Å². The van der Waals surface area contributed by atoms with E-state index in [4.69, 9.17) is 24.7 Å². The number of unbranched alkanes of at least 4 members (excludes halogenated alkanes) is 2. The molecule has 0 aromatic carbocycles. The van der Waals surface area contributed by atoms with E-state index in [1.807, 2.05) is 0 Å². The maximum absolute atomic E-state index is 11.5. The molecule has 0 unspecified atom stereocenters. The molecule has 137 valence electrons. The topological polar surface area (TPSA) is 92.0 Å². The van der Waals surface area contributed by atoms with Gasteiger partial charge in [0, 0.05) is 19.6 Å². The summed E-state index contributed by atoms with van der Waals surface area (Å²) >= 11 is 0. The fourth-order valence-electron chi connectivity index (χ4n) is 1.69. The number of nitrogens with two attached hydrogens (primary N) is 1. The van der Waals surface area contributed by atoms with E-state index in [2.05, 4.69) is 12.2 Å². The van der Waals surface area contributed by atoms with Crippen LogP contribution in [0, 0.1) is 6.92 Å². The molecule has 0 heterocycles. The molecule has 3 N–H and O–H groups in total. The van der Waals surface area contributed by atoms with Crippen molar-refractivity contribution in [1.29, 1.82) is 0 Å². The molecular formula is C16H33N2O5. The summed E-state index contributed by atoms with van der Waals surface area (Å²) in [6.07, 6.45) is 3.42. The van der Waals surface area contributed by atoms with Gasteiger partial charge in [-0.15, -0.1) is 0 Å². The number of hydrogen-bond donors (Lipinski definition) is 2. The highest BCUT2D eigenvalue weighted by Crippen LogP contribution is 1.92. The summed E-state index contributed by atoms with van der Waals surface area (Å²) in [5, 5.41) is 2.86. The summed E-state index contributed by atoms with van der Waals surface area (Å²) in [7, 11) is 0. The Hall–Kier alpha value is -0.730. The van der Waals surface area contributed by atoms with Gasteiger partial charge in [0.25, 0.3) is 0 Å². The van der Waals surface area contributed by atoms with Crippen LogP contribution in [0.3, 0.4) is 0 Å². The Morgan fingerprint density at radius 2 is 1.39 bits per heavy atom. The Balaban J connectivity index is 3.10. The first-order valence-electron chi connectivity index (χ1n) is 8.38.